The van der Waals surface area contributed by atoms with Crippen molar-refractivity contribution in [1.29, 1.82) is 0 Å². The molecule has 0 aliphatic rings. The highest BCUT2D eigenvalue weighted by molar-refractivity contribution is 7.18. The molecule has 1 heterocycles. The first-order valence-corrected chi connectivity index (χ1v) is 11.8. The molecule has 0 atom stereocenters. The van der Waals surface area contributed by atoms with E-state index < -0.39 is 5.97 Å². The van der Waals surface area contributed by atoms with Crippen molar-refractivity contribution in [1.82, 2.24) is 10.2 Å². The van der Waals surface area contributed by atoms with Gasteiger partial charge >= 0.3 is 5.97 Å². The third-order valence-corrected chi connectivity index (χ3v) is 6.58. The van der Waals surface area contributed by atoms with Crippen molar-refractivity contribution in [3.8, 4) is 0 Å². The van der Waals surface area contributed by atoms with E-state index in [9.17, 15) is 14.4 Å². The third kappa shape index (κ3) is 5.70. The highest BCUT2D eigenvalue weighted by atomic mass is 32.1. The lowest BCUT2D eigenvalue weighted by Crippen LogP contribution is -2.34. The average molecular weight is 480 g/mol. The van der Waals surface area contributed by atoms with Crippen LogP contribution in [0.4, 0.5) is 5.00 Å². The van der Waals surface area contributed by atoms with Crippen molar-refractivity contribution in [3.63, 3.8) is 0 Å². The molecular weight excluding hydrogens is 450 g/mol. The number of nitrogens with zero attached hydrogens (tertiary/aromatic N) is 1. The number of ether oxygens (including phenoxy) is 1. The second-order valence-corrected chi connectivity index (χ2v) is 8.77. The van der Waals surface area contributed by atoms with E-state index >= 15 is 0 Å². The van der Waals surface area contributed by atoms with Crippen molar-refractivity contribution in [2.45, 2.75) is 19.9 Å². The van der Waals surface area contributed by atoms with Crippen LogP contribution in [-0.4, -0.2) is 49.9 Å². The zero-order chi connectivity index (χ0) is 24.7. The van der Waals surface area contributed by atoms with Crippen molar-refractivity contribution >= 4 is 34.1 Å². The minimum atomic E-state index is -0.568. The number of thiophene rings is 1. The monoisotopic (exact) mass is 479 g/mol. The second kappa shape index (κ2) is 11.6. The zero-order valence-electron chi connectivity index (χ0n) is 19.8. The molecule has 0 unspecified atom stereocenters. The molecule has 3 rings (SSSR count). The van der Waals surface area contributed by atoms with Crippen LogP contribution in [0.25, 0.3) is 0 Å². The Morgan fingerprint density at radius 2 is 1.56 bits per heavy atom. The van der Waals surface area contributed by atoms with E-state index in [0.29, 0.717) is 15.4 Å². The number of hydrogen-bond donors (Lipinski definition) is 2. The van der Waals surface area contributed by atoms with E-state index in [1.807, 2.05) is 72.6 Å². The van der Waals surface area contributed by atoms with Crippen molar-refractivity contribution in [2.24, 2.45) is 0 Å². The van der Waals surface area contributed by atoms with E-state index in [-0.39, 0.29) is 36.6 Å². The lowest BCUT2D eigenvalue weighted by atomic mass is 9.97. The predicted molar refractivity (Wildman–Crippen MR) is 134 cm³/mol. The van der Waals surface area contributed by atoms with Crippen LogP contribution < -0.4 is 10.6 Å². The SMILES string of the molecule is CCOC(=O)c1c(NC(=O)CN(C)C(c2ccccc2)c2ccccc2)sc(C(=O)NC)c1C. The Morgan fingerprint density at radius 1 is 1.00 bits per heavy atom. The number of anilines is 1. The molecule has 2 amide bonds. The molecule has 8 heteroatoms. The summed E-state index contributed by atoms with van der Waals surface area (Å²) < 4.78 is 5.17. The molecule has 34 heavy (non-hydrogen) atoms. The van der Waals surface area contributed by atoms with Gasteiger partial charge in [0.1, 0.15) is 5.00 Å². The van der Waals surface area contributed by atoms with Gasteiger partial charge in [0.25, 0.3) is 5.91 Å². The van der Waals surface area contributed by atoms with Crippen LogP contribution >= 0.6 is 11.3 Å². The first-order chi connectivity index (χ1) is 16.4. The number of amides is 2. The molecular formula is C26H29N3O4S. The maximum Gasteiger partial charge on any atom is 0.341 e. The van der Waals surface area contributed by atoms with Crippen LogP contribution in [0.3, 0.4) is 0 Å². The second-order valence-electron chi connectivity index (χ2n) is 7.75. The largest absolute Gasteiger partial charge is 0.462 e. The maximum atomic E-state index is 13.1. The molecule has 0 spiro atoms. The van der Waals surface area contributed by atoms with Crippen LogP contribution in [0.5, 0.6) is 0 Å². The molecule has 2 aromatic carbocycles. The number of rotatable bonds is 9. The van der Waals surface area contributed by atoms with E-state index in [0.717, 1.165) is 22.5 Å². The van der Waals surface area contributed by atoms with Gasteiger partial charge in [-0.3, -0.25) is 14.5 Å². The predicted octanol–water partition coefficient (Wildman–Crippen LogP) is 4.25. The van der Waals surface area contributed by atoms with Crippen molar-refractivity contribution < 1.29 is 19.1 Å². The van der Waals surface area contributed by atoms with Gasteiger partial charge in [-0.05, 0) is 37.6 Å². The van der Waals surface area contributed by atoms with Gasteiger partial charge in [0.2, 0.25) is 5.91 Å². The summed E-state index contributed by atoms with van der Waals surface area (Å²) in [6.07, 6.45) is 0. The van der Waals surface area contributed by atoms with Gasteiger partial charge in [-0.15, -0.1) is 11.3 Å². The normalized spacial score (nSPS) is 10.9. The highest BCUT2D eigenvalue weighted by Crippen LogP contribution is 2.34. The molecule has 0 aliphatic carbocycles. The first kappa shape index (κ1) is 25.1. The number of nitrogens with one attached hydrogen (secondary N) is 2. The molecule has 2 N–H and O–H groups in total. The molecule has 3 aromatic rings. The third-order valence-electron chi connectivity index (χ3n) is 5.38. The number of esters is 1. The number of likely N-dealkylation sites (N-methyl/N-ethyl adjacent to an activating group) is 1. The number of benzene rings is 2. The Labute approximate surface area is 203 Å². The number of carbonyl (C=O) groups excluding carboxylic acids is 3. The van der Waals surface area contributed by atoms with Gasteiger partial charge in [-0.1, -0.05) is 60.7 Å². The number of hydrogen-bond acceptors (Lipinski definition) is 6. The van der Waals surface area contributed by atoms with Gasteiger partial charge in [0, 0.05) is 7.05 Å². The van der Waals surface area contributed by atoms with E-state index in [4.69, 9.17) is 4.74 Å². The molecule has 0 bridgehead atoms. The quantitative estimate of drug-likeness (QED) is 0.448. The smallest absolute Gasteiger partial charge is 0.341 e. The molecule has 0 radical (unpaired) electrons. The fraction of sp³-hybridized carbons (Fsp3) is 0.269. The fourth-order valence-corrected chi connectivity index (χ4v) is 4.99. The molecule has 0 saturated heterocycles. The summed E-state index contributed by atoms with van der Waals surface area (Å²) in [5.41, 5.74) is 2.82. The highest BCUT2D eigenvalue weighted by Gasteiger charge is 2.27. The molecule has 7 nitrogen and oxygen atoms in total. The van der Waals surface area contributed by atoms with Gasteiger partial charge in [0.05, 0.1) is 29.6 Å². The lowest BCUT2D eigenvalue weighted by Gasteiger charge is -2.28. The van der Waals surface area contributed by atoms with E-state index in [1.165, 1.54) is 7.05 Å². The molecule has 0 aliphatic heterocycles. The summed E-state index contributed by atoms with van der Waals surface area (Å²) in [5.74, 6) is -1.19. The van der Waals surface area contributed by atoms with Crippen molar-refractivity contribution in [3.05, 3.63) is 87.8 Å². The van der Waals surface area contributed by atoms with Crippen LogP contribution in [0.1, 0.15) is 49.7 Å². The van der Waals surface area contributed by atoms with E-state index in [2.05, 4.69) is 10.6 Å². The number of carbonyl (C=O) groups is 3. The van der Waals surface area contributed by atoms with Crippen molar-refractivity contribution in [2.75, 3.05) is 32.6 Å². The van der Waals surface area contributed by atoms with Crippen LogP contribution in [-0.2, 0) is 9.53 Å². The molecule has 1 aromatic heterocycles. The average Bonchev–Trinajstić information content (AvgIpc) is 3.15. The summed E-state index contributed by atoms with van der Waals surface area (Å²) in [6, 6.07) is 19.8. The summed E-state index contributed by atoms with van der Waals surface area (Å²) in [7, 11) is 3.40. The first-order valence-electron chi connectivity index (χ1n) is 11.0. The summed E-state index contributed by atoms with van der Waals surface area (Å²) >= 11 is 1.07. The van der Waals surface area contributed by atoms with Gasteiger partial charge in [-0.2, -0.15) is 0 Å². The van der Waals surface area contributed by atoms with Crippen LogP contribution in [0.2, 0.25) is 0 Å². The van der Waals surface area contributed by atoms with Gasteiger partial charge in [0.15, 0.2) is 0 Å². The fourth-order valence-electron chi connectivity index (χ4n) is 3.84. The van der Waals surface area contributed by atoms with E-state index in [1.54, 1.807) is 13.8 Å². The molecule has 0 saturated carbocycles. The zero-order valence-corrected chi connectivity index (χ0v) is 20.6. The topological polar surface area (TPSA) is 87.7 Å². The Bertz CT molecular complexity index is 1110. The Kier molecular flexibility index (Phi) is 8.56. The standard InChI is InChI=1S/C26H29N3O4S/c1-5-33-26(32)21-17(2)23(24(31)27-3)34-25(21)28-20(30)16-29(4)22(18-12-8-6-9-13-18)19-14-10-7-11-15-19/h6-15,22H,5,16H2,1-4H3,(H,27,31)(H,28,30). The lowest BCUT2D eigenvalue weighted by molar-refractivity contribution is -0.117. The summed E-state index contributed by atoms with van der Waals surface area (Å²) in [6.45, 7) is 3.65. The molecule has 0 fully saturated rings. The summed E-state index contributed by atoms with van der Waals surface area (Å²) in [4.78, 5) is 40.3. The minimum absolute atomic E-state index is 0.0724. The van der Waals surface area contributed by atoms with Gasteiger partial charge in [-0.25, -0.2) is 4.79 Å². The Balaban J connectivity index is 1.86. The Morgan fingerprint density at radius 3 is 2.06 bits per heavy atom. The Hall–Kier alpha value is -3.49. The van der Waals surface area contributed by atoms with Crippen LogP contribution in [0.15, 0.2) is 60.7 Å². The maximum absolute atomic E-state index is 13.1. The van der Waals surface area contributed by atoms with Crippen LogP contribution in [0, 0.1) is 6.92 Å². The summed E-state index contributed by atoms with van der Waals surface area (Å²) in [5, 5.41) is 5.71. The van der Waals surface area contributed by atoms with Gasteiger partial charge < -0.3 is 15.4 Å². The minimum Gasteiger partial charge on any atom is -0.462 e. The molecule has 178 valence electrons.